The number of rotatable bonds is 5. The number of thioether (sulfide) groups is 1. The molecule has 10 heteroatoms. The number of halogens is 5. The van der Waals surface area contributed by atoms with Crippen LogP contribution in [0, 0.1) is 5.92 Å². The molecule has 3 fully saturated rings. The molecule has 0 spiro atoms. The van der Waals surface area contributed by atoms with E-state index in [-0.39, 0.29) is 0 Å². The van der Waals surface area contributed by atoms with Gasteiger partial charge in [0.05, 0.1) is 0 Å². The summed E-state index contributed by atoms with van der Waals surface area (Å²) in [7, 11) is 0. The van der Waals surface area contributed by atoms with Gasteiger partial charge in [-0.1, -0.05) is 48.0 Å². The third-order valence-corrected chi connectivity index (χ3v) is 9.37. The molecule has 37 heavy (non-hydrogen) atoms. The van der Waals surface area contributed by atoms with Gasteiger partial charge in [-0.15, -0.1) is 11.8 Å². The second-order valence-corrected chi connectivity index (χ2v) is 12.0. The summed E-state index contributed by atoms with van der Waals surface area (Å²) >= 11 is 7.66. The normalized spacial score (nSPS) is 36.5. The Balaban J connectivity index is 1.38. The lowest BCUT2D eigenvalue weighted by Gasteiger charge is -2.40. The molecule has 4 nitrogen and oxygen atoms in total. The average Bonchev–Trinajstić information content (AvgIpc) is 3.22. The third kappa shape index (κ3) is 5.03. The van der Waals surface area contributed by atoms with Crippen LogP contribution in [0.15, 0.2) is 42.5 Å². The zero-order chi connectivity index (χ0) is 26.8. The van der Waals surface area contributed by atoms with Crippen molar-refractivity contribution in [2.24, 2.45) is 5.92 Å². The molecule has 0 unspecified atom stereocenters. The Kier molecular flexibility index (Phi) is 7.12. The molecular weight excluding hydrogens is 532 g/mol. The van der Waals surface area contributed by atoms with Crippen LogP contribution in [0.1, 0.15) is 54.0 Å². The third-order valence-electron chi connectivity index (χ3n) is 8.14. The topological polar surface area (TPSA) is 69.9 Å². The van der Waals surface area contributed by atoms with Gasteiger partial charge in [-0.25, -0.2) is 17.6 Å². The van der Waals surface area contributed by atoms with Crippen molar-refractivity contribution in [2.75, 3.05) is 6.26 Å². The fourth-order valence-corrected chi connectivity index (χ4v) is 7.30. The Morgan fingerprint density at radius 2 is 1.54 bits per heavy atom. The molecule has 3 N–H and O–H groups in total. The Morgan fingerprint density at radius 1 is 0.919 bits per heavy atom. The van der Waals surface area contributed by atoms with Crippen molar-refractivity contribution < 1.29 is 37.6 Å². The van der Waals surface area contributed by atoms with Gasteiger partial charge in [-0.3, -0.25) is 0 Å². The summed E-state index contributed by atoms with van der Waals surface area (Å²) < 4.78 is 62.9. The number of aliphatic hydroxyl groups is 3. The molecule has 2 aromatic rings. The van der Waals surface area contributed by atoms with Gasteiger partial charge in [0.15, 0.2) is 0 Å². The Hall–Kier alpha value is -1.36. The summed E-state index contributed by atoms with van der Waals surface area (Å²) in [5, 5.41) is 31.4. The molecule has 1 heterocycles. The lowest BCUT2D eigenvalue weighted by atomic mass is 9.74. The maximum absolute atomic E-state index is 14.3. The highest BCUT2D eigenvalue weighted by Crippen LogP contribution is 2.64. The number of aliphatic hydroxyl groups excluding tert-OH is 3. The first kappa shape index (κ1) is 27.2. The number of alkyl halides is 4. The van der Waals surface area contributed by atoms with E-state index in [1.165, 1.54) is 11.8 Å². The predicted molar refractivity (Wildman–Crippen MR) is 133 cm³/mol. The predicted octanol–water partition coefficient (Wildman–Crippen LogP) is 5.49. The maximum atomic E-state index is 14.3. The first-order valence-corrected chi connectivity index (χ1v) is 13.9. The summed E-state index contributed by atoms with van der Waals surface area (Å²) in [5.74, 6) is -6.65. The van der Waals surface area contributed by atoms with E-state index < -0.39 is 78.7 Å². The highest BCUT2D eigenvalue weighted by Gasteiger charge is 2.65. The molecule has 5 atom stereocenters. The van der Waals surface area contributed by atoms with E-state index in [0.717, 1.165) is 5.56 Å². The molecule has 2 saturated carbocycles. The van der Waals surface area contributed by atoms with E-state index in [0.29, 0.717) is 28.1 Å². The van der Waals surface area contributed by atoms with Crippen LogP contribution in [0.5, 0.6) is 0 Å². The van der Waals surface area contributed by atoms with Gasteiger partial charge in [-0.2, -0.15) is 0 Å². The number of ether oxygens (including phenoxy) is 1. The van der Waals surface area contributed by atoms with Crippen molar-refractivity contribution in [1.29, 1.82) is 0 Å². The summed E-state index contributed by atoms with van der Waals surface area (Å²) in [5.41, 5.74) is 0.676. The smallest absolute Gasteiger partial charge is 0.249 e. The van der Waals surface area contributed by atoms with Gasteiger partial charge >= 0.3 is 0 Å². The second-order valence-electron chi connectivity index (χ2n) is 10.7. The number of fused-ring (bicyclic) bond motifs is 1. The van der Waals surface area contributed by atoms with Gasteiger partial charge in [0.25, 0.3) is 0 Å². The van der Waals surface area contributed by atoms with Crippen LogP contribution < -0.4 is 0 Å². The summed E-state index contributed by atoms with van der Waals surface area (Å²) in [6.45, 7) is 0. The number of hydrogen-bond donors (Lipinski definition) is 3. The lowest BCUT2D eigenvalue weighted by molar-refractivity contribution is -0.200. The Morgan fingerprint density at radius 3 is 2.14 bits per heavy atom. The zero-order valence-electron chi connectivity index (χ0n) is 20.1. The quantitative estimate of drug-likeness (QED) is 0.422. The molecule has 0 aromatic heterocycles. The van der Waals surface area contributed by atoms with Crippen LogP contribution >= 0.6 is 23.4 Å². The zero-order valence-corrected chi connectivity index (χ0v) is 21.7. The van der Waals surface area contributed by atoms with Crippen LogP contribution in [-0.4, -0.2) is 57.2 Å². The number of benzene rings is 2. The van der Waals surface area contributed by atoms with Crippen LogP contribution in [0.2, 0.25) is 5.02 Å². The van der Waals surface area contributed by atoms with Crippen molar-refractivity contribution in [1.82, 2.24) is 0 Å². The van der Waals surface area contributed by atoms with E-state index in [2.05, 4.69) is 0 Å². The second kappa shape index (κ2) is 9.68. The molecule has 2 aliphatic carbocycles. The fraction of sp³-hybridized carbons (Fsp3) is 0.556. The lowest BCUT2D eigenvalue weighted by Crippen LogP contribution is -2.52. The van der Waals surface area contributed by atoms with Crippen molar-refractivity contribution in [2.45, 2.75) is 79.2 Å². The van der Waals surface area contributed by atoms with Gasteiger partial charge in [0.1, 0.15) is 29.9 Å². The summed E-state index contributed by atoms with van der Waals surface area (Å²) in [6.07, 6.45) is -4.86. The molecule has 0 radical (unpaired) electrons. The molecule has 1 saturated heterocycles. The minimum atomic E-state index is -2.95. The summed E-state index contributed by atoms with van der Waals surface area (Å²) in [6, 6.07) is 12.0. The van der Waals surface area contributed by atoms with Gasteiger partial charge in [0, 0.05) is 36.1 Å². The monoisotopic (exact) mass is 560 g/mol. The molecule has 2 aromatic carbocycles. The van der Waals surface area contributed by atoms with E-state index in [4.69, 9.17) is 16.3 Å². The van der Waals surface area contributed by atoms with Crippen LogP contribution in [-0.2, 0) is 16.6 Å². The standard InChI is InChI=1S/C27H29ClF4O4S/c1-37-24-22(35)20(33)21(34)23(36-24)15-4-7-19(28)16(9-15)8-14-2-5-17(6-3-14)25-12-26(29,30)10-18(25)11-27(31,32)13-25/h2-7,9,18,20-24,33-35H,8,10-13H2,1H3/t18?,20-,21-,22+,23+,24-,25?/m1/s1. The van der Waals surface area contributed by atoms with Gasteiger partial charge in [0.2, 0.25) is 11.8 Å². The minimum absolute atomic E-state index is 0.371. The highest BCUT2D eigenvalue weighted by atomic mass is 35.5. The maximum Gasteiger partial charge on any atom is 0.249 e. The van der Waals surface area contributed by atoms with Crippen LogP contribution in [0.3, 0.4) is 0 Å². The fourth-order valence-electron chi connectivity index (χ4n) is 6.44. The molecule has 5 rings (SSSR count). The van der Waals surface area contributed by atoms with Gasteiger partial charge < -0.3 is 20.1 Å². The molecule has 0 amide bonds. The molecule has 1 aliphatic heterocycles. The molecular formula is C27H29ClF4O4S. The van der Waals surface area contributed by atoms with E-state index >= 15 is 0 Å². The molecule has 202 valence electrons. The first-order valence-electron chi connectivity index (χ1n) is 12.2. The SMILES string of the molecule is CS[C@H]1O[C@@H](c2ccc(Cl)c(Cc3ccc(C45CC(F)(F)CC4CC(F)(F)C5)cc3)c2)[C@H](O)[C@@H](O)[C@@H]1O. The van der Waals surface area contributed by atoms with Gasteiger partial charge in [-0.05, 0) is 46.9 Å². The van der Waals surface area contributed by atoms with Crippen LogP contribution in [0.4, 0.5) is 17.6 Å². The van der Waals surface area contributed by atoms with Crippen molar-refractivity contribution in [3.8, 4) is 0 Å². The van der Waals surface area contributed by atoms with Crippen molar-refractivity contribution >= 4 is 23.4 Å². The van der Waals surface area contributed by atoms with E-state index in [1.54, 1.807) is 48.7 Å². The Bertz CT molecular complexity index is 1130. The number of hydrogen-bond acceptors (Lipinski definition) is 5. The van der Waals surface area contributed by atoms with Crippen molar-refractivity contribution in [3.63, 3.8) is 0 Å². The summed E-state index contributed by atoms with van der Waals surface area (Å²) in [4.78, 5) is 0. The average molecular weight is 561 g/mol. The minimum Gasteiger partial charge on any atom is -0.387 e. The first-order chi connectivity index (χ1) is 17.3. The Labute approximate surface area is 222 Å². The largest absolute Gasteiger partial charge is 0.387 e. The molecule has 3 aliphatic rings. The molecule has 0 bridgehead atoms. The van der Waals surface area contributed by atoms with E-state index in [9.17, 15) is 32.9 Å². The van der Waals surface area contributed by atoms with E-state index in [1.807, 2.05) is 0 Å². The van der Waals surface area contributed by atoms with Crippen LogP contribution in [0.25, 0.3) is 0 Å². The highest BCUT2D eigenvalue weighted by molar-refractivity contribution is 7.99. The van der Waals surface area contributed by atoms with Crippen molar-refractivity contribution in [3.05, 3.63) is 69.7 Å².